The van der Waals surface area contributed by atoms with Gasteiger partial charge in [-0.05, 0) is 49.4 Å². The van der Waals surface area contributed by atoms with Crippen molar-refractivity contribution in [3.05, 3.63) is 36.4 Å². The molecule has 0 amide bonds. The fourth-order valence-corrected chi connectivity index (χ4v) is 3.83. The predicted molar refractivity (Wildman–Crippen MR) is 84.5 cm³/mol. The zero-order valence-electron chi connectivity index (χ0n) is 12.5. The van der Waals surface area contributed by atoms with Crippen molar-refractivity contribution in [1.82, 2.24) is 0 Å². The summed E-state index contributed by atoms with van der Waals surface area (Å²) in [4.78, 5) is 2.57. The quantitative estimate of drug-likeness (QED) is 0.755. The highest BCUT2D eigenvalue weighted by molar-refractivity contribution is 5.53. The maximum Gasteiger partial charge on any atom is 0.119 e. The van der Waals surface area contributed by atoms with Crippen LogP contribution in [0.1, 0.15) is 38.5 Å². The number of nitrogens with zero attached hydrogens (tertiary/aromatic N) is 1. The number of hydrogen-bond donors (Lipinski definition) is 0. The lowest BCUT2D eigenvalue weighted by Crippen LogP contribution is -2.36. The van der Waals surface area contributed by atoms with Crippen molar-refractivity contribution in [1.29, 1.82) is 0 Å². The van der Waals surface area contributed by atoms with E-state index in [1.807, 2.05) is 0 Å². The highest BCUT2D eigenvalue weighted by Gasteiger charge is 2.34. The van der Waals surface area contributed by atoms with Gasteiger partial charge in [0.05, 0.1) is 7.11 Å². The van der Waals surface area contributed by atoms with Crippen LogP contribution in [0.3, 0.4) is 0 Å². The summed E-state index contributed by atoms with van der Waals surface area (Å²) in [7, 11) is 1.72. The molecule has 1 aliphatic carbocycles. The summed E-state index contributed by atoms with van der Waals surface area (Å²) in [6.07, 6.45) is 8.20. The Morgan fingerprint density at radius 3 is 2.45 bits per heavy atom. The lowest BCUT2D eigenvalue weighted by molar-refractivity contribution is 0.307. The van der Waals surface area contributed by atoms with E-state index in [9.17, 15) is 0 Å². The lowest BCUT2D eigenvalue weighted by atomic mass is 9.82. The van der Waals surface area contributed by atoms with Crippen LogP contribution in [0.2, 0.25) is 0 Å². The second-order valence-corrected chi connectivity index (χ2v) is 6.25. The van der Waals surface area contributed by atoms with E-state index in [0.29, 0.717) is 6.04 Å². The highest BCUT2D eigenvalue weighted by Crippen LogP contribution is 2.38. The third-order valence-electron chi connectivity index (χ3n) is 4.89. The van der Waals surface area contributed by atoms with E-state index in [0.717, 1.165) is 18.2 Å². The Balaban J connectivity index is 1.79. The summed E-state index contributed by atoms with van der Waals surface area (Å²) in [6, 6.07) is 9.17. The molecule has 2 fully saturated rings. The van der Waals surface area contributed by atoms with Gasteiger partial charge in [0.1, 0.15) is 5.75 Å². The first-order valence-corrected chi connectivity index (χ1v) is 7.85. The SMILES string of the molecule is C=C1CC(C2CCCCC2)N(c2ccc(OC)cc2)C1. The molecule has 20 heavy (non-hydrogen) atoms. The van der Waals surface area contributed by atoms with Gasteiger partial charge in [0.25, 0.3) is 0 Å². The first kappa shape index (κ1) is 13.5. The molecule has 2 aliphatic rings. The summed E-state index contributed by atoms with van der Waals surface area (Å²) < 4.78 is 5.26. The van der Waals surface area contributed by atoms with Crippen LogP contribution in [-0.4, -0.2) is 19.7 Å². The molecular weight excluding hydrogens is 246 g/mol. The molecule has 3 rings (SSSR count). The Labute approximate surface area is 122 Å². The molecular formula is C18H25NO. The first-order valence-electron chi connectivity index (χ1n) is 7.85. The molecule has 2 heteroatoms. The second kappa shape index (κ2) is 5.90. The molecule has 1 saturated carbocycles. The van der Waals surface area contributed by atoms with Crippen LogP contribution in [0.25, 0.3) is 0 Å². The molecule has 0 aromatic heterocycles. The van der Waals surface area contributed by atoms with Crippen molar-refractivity contribution in [3.63, 3.8) is 0 Å². The third-order valence-corrected chi connectivity index (χ3v) is 4.89. The maximum absolute atomic E-state index is 5.26. The van der Waals surface area contributed by atoms with Crippen molar-refractivity contribution >= 4 is 5.69 Å². The normalized spacial score (nSPS) is 24.1. The van der Waals surface area contributed by atoms with Gasteiger partial charge in [0.15, 0.2) is 0 Å². The van der Waals surface area contributed by atoms with Gasteiger partial charge in [-0.2, -0.15) is 0 Å². The Morgan fingerprint density at radius 1 is 1.10 bits per heavy atom. The molecule has 1 atom stereocenters. The smallest absolute Gasteiger partial charge is 0.119 e. The van der Waals surface area contributed by atoms with Crippen molar-refractivity contribution in [3.8, 4) is 5.75 Å². The molecule has 108 valence electrons. The van der Waals surface area contributed by atoms with Gasteiger partial charge >= 0.3 is 0 Å². The van der Waals surface area contributed by atoms with Crippen LogP contribution in [0, 0.1) is 5.92 Å². The lowest BCUT2D eigenvalue weighted by Gasteiger charge is -2.35. The average molecular weight is 271 g/mol. The van der Waals surface area contributed by atoms with Gasteiger partial charge in [0, 0.05) is 18.3 Å². The van der Waals surface area contributed by atoms with Gasteiger partial charge in [-0.25, -0.2) is 0 Å². The zero-order valence-corrected chi connectivity index (χ0v) is 12.5. The van der Waals surface area contributed by atoms with Gasteiger partial charge < -0.3 is 9.64 Å². The minimum absolute atomic E-state index is 0.663. The van der Waals surface area contributed by atoms with Crippen LogP contribution in [-0.2, 0) is 0 Å². The van der Waals surface area contributed by atoms with Gasteiger partial charge in [-0.3, -0.25) is 0 Å². The van der Waals surface area contributed by atoms with E-state index in [2.05, 4.69) is 35.7 Å². The number of ether oxygens (including phenoxy) is 1. The van der Waals surface area contributed by atoms with E-state index in [-0.39, 0.29) is 0 Å². The molecule has 1 unspecified atom stereocenters. The number of rotatable bonds is 3. The molecule has 0 radical (unpaired) electrons. The molecule has 0 bridgehead atoms. The summed E-state index contributed by atoms with van der Waals surface area (Å²) in [5.41, 5.74) is 2.71. The standard InChI is InChI=1S/C18H25NO/c1-14-12-18(15-6-4-3-5-7-15)19(13-14)16-8-10-17(20-2)11-9-16/h8-11,15,18H,1,3-7,12-13H2,2H3. The minimum Gasteiger partial charge on any atom is -0.497 e. The number of methoxy groups -OCH3 is 1. The van der Waals surface area contributed by atoms with E-state index >= 15 is 0 Å². The fraction of sp³-hybridized carbons (Fsp3) is 0.556. The highest BCUT2D eigenvalue weighted by atomic mass is 16.5. The van der Waals surface area contributed by atoms with Crippen LogP contribution < -0.4 is 9.64 Å². The van der Waals surface area contributed by atoms with Crippen molar-refractivity contribution in [2.75, 3.05) is 18.6 Å². The van der Waals surface area contributed by atoms with Crippen molar-refractivity contribution in [2.24, 2.45) is 5.92 Å². The Bertz CT molecular complexity index is 459. The minimum atomic E-state index is 0.663. The van der Waals surface area contributed by atoms with Gasteiger partial charge in [-0.1, -0.05) is 31.4 Å². The van der Waals surface area contributed by atoms with Crippen molar-refractivity contribution in [2.45, 2.75) is 44.6 Å². The largest absolute Gasteiger partial charge is 0.497 e. The van der Waals surface area contributed by atoms with E-state index in [4.69, 9.17) is 4.74 Å². The first-order chi connectivity index (χ1) is 9.78. The number of hydrogen-bond acceptors (Lipinski definition) is 2. The summed E-state index contributed by atoms with van der Waals surface area (Å²) >= 11 is 0. The molecule has 2 nitrogen and oxygen atoms in total. The predicted octanol–water partition coefficient (Wildman–Crippen LogP) is 4.41. The van der Waals surface area contributed by atoms with Crippen molar-refractivity contribution < 1.29 is 4.74 Å². The van der Waals surface area contributed by atoms with Crippen LogP contribution in [0.5, 0.6) is 5.75 Å². The molecule has 0 spiro atoms. The molecule has 0 N–H and O–H groups in total. The van der Waals surface area contributed by atoms with Crippen LogP contribution in [0.4, 0.5) is 5.69 Å². The van der Waals surface area contributed by atoms with E-state index in [1.165, 1.54) is 49.8 Å². The Kier molecular flexibility index (Phi) is 4.00. The Morgan fingerprint density at radius 2 is 1.80 bits per heavy atom. The molecule has 1 heterocycles. The maximum atomic E-state index is 5.26. The number of anilines is 1. The van der Waals surface area contributed by atoms with Crippen LogP contribution >= 0.6 is 0 Å². The summed E-state index contributed by atoms with van der Waals surface area (Å²) in [5, 5.41) is 0. The fourth-order valence-electron chi connectivity index (χ4n) is 3.83. The van der Waals surface area contributed by atoms with Gasteiger partial charge in [0.2, 0.25) is 0 Å². The Hall–Kier alpha value is -1.44. The number of benzene rings is 1. The molecule has 1 aliphatic heterocycles. The van der Waals surface area contributed by atoms with Gasteiger partial charge in [-0.15, -0.1) is 0 Å². The third kappa shape index (κ3) is 2.70. The van der Waals surface area contributed by atoms with E-state index < -0.39 is 0 Å². The van der Waals surface area contributed by atoms with Crippen LogP contribution in [0.15, 0.2) is 36.4 Å². The zero-order chi connectivity index (χ0) is 13.9. The molecule has 1 saturated heterocycles. The molecule has 1 aromatic rings. The monoisotopic (exact) mass is 271 g/mol. The topological polar surface area (TPSA) is 12.5 Å². The summed E-state index contributed by atoms with van der Waals surface area (Å²) in [5.74, 6) is 1.78. The molecule has 1 aromatic carbocycles. The van der Waals surface area contributed by atoms with E-state index in [1.54, 1.807) is 7.11 Å². The second-order valence-electron chi connectivity index (χ2n) is 6.25. The average Bonchev–Trinajstić information content (AvgIpc) is 2.90. The summed E-state index contributed by atoms with van der Waals surface area (Å²) in [6.45, 7) is 5.26.